The SMILES string of the molecule is O=C(N/N=C/CBr)OCc1ccccc1. The van der Waals surface area contributed by atoms with Crippen LogP contribution in [-0.4, -0.2) is 17.6 Å². The molecule has 1 aromatic rings. The predicted molar refractivity (Wildman–Crippen MR) is 62.0 cm³/mol. The molecule has 0 aliphatic rings. The van der Waals surface area contributed by atoms with Crippen molar-refractivity contribution in [3.63, 3.8) is 0 Å². The first kappa shape index (κ1) is 11.7. The first-order chi connectivity index (χ1) is 7.33. The third-order valence-electron chi connectivity index (χ3n) is 1.53. The van der Waals surface area contributed by atoms with Crippen LogP contribution in [0.4, 0.5) is 4.79 Å². The first-order valence-electron chi connectivity index (χ1n) is 4.37. The van der Waals surface area contributed by atoms with Crippen molar-refractivity contribution < 1.29 is 9.53 Å². The summed E-state index contributed by atoms with van der Waals surface area (Å²) in [4.78, 5) is 11.0. The van der Waals surface area contributed by atoms with Crippen LogP contribution in [-0.2, 0) is 11.3 Å². The summed E-state index contributed by atoms with van der Waals surface area (Å²) < 4.78 is 4.90. The van der Waals surface area contributed by atoms with Gasteiger partial charge in [-0.2, -0.15) is 5.10 Å². The van der Waals surface area contributed by atoms with Crippen LogP contribution in [0.5, 0.6) is 0 Å². The van der Waals surface area contributed by atoms with E-state index in [0.717, 1.165) is 5.56 Å². The largest absolute Gasteiger partial charge is 0.443 e. The Bertz CT molecular complexity index is 327. The monoisotopic (exact) mass is 270 g/mol. The average Bonchev–Trinajstić information content (AvgIpc) is 2.28. The van der Waals surface area contributed by atoms with Crippen molar-refractivity contribution in [2.24, 2.45) is 5.10 Å². The Labute approximate surface area is 96.4 Å². The van der Waals surface area contributed by atoms with Crippen molar-refractivity contribution in [1.82, 2.24) is 5.43 Å². The molecule has 0 bridgehead atoms. The molecule has 0 unspecified atom stereocenters. The van der Waals surface area contributed by atoms with Crippen LogP contribution in [0.25, 0.3) is 0 Å². The van der Waals surface area contributed by atoms with E-state index in [1.165, 1.54) is 6.21 Å². The van der Waals surface area contributed by atoms with Crippen molar-refractivity contribution in [3.8, 4) is 0 Å². The quantitative estimate of drug-likeness (QED) is 0.519. The van der Waals surface area contributed by atoms with Crippen LogP contribution in [0.15, 0.2) is 35.4 Å². The summed E-state index contributed by atoms with van der Waals surface area (Å²) in [5, 5.41) is 4.19. The second-order valence-corrected chi connectivity index (χ2v) is 3.29. The molecule has 0 aromatic heterocycles. The first-order valence-corrected chi connectivity index (χ1v) is 5.49. The number of hydrazone groups is 1. The Morgan fingerprint density at radius 1 is 1.47 bits per heavy atom. The molecule has 15 heavy (non-hydrogen) atoms. The van der Waals surface area contributed by atoms with E-state index in [1.54, 1.807) is 0 Å². The highest BCUT2D eigenvalue weighted by molar-refractivity contribution is 9.09. The summed E-state index contributed by atoms with van der Waals surface area (Å²) in [5.41, 5.74) is 3.17. The molecule has 0 atom stereocenters. The number of amides is 1. The Kier molecular flexibility index (Phi) is 5.47. The maximum Gasteiger partial charge on any atom is 0.428 e. The van der Waals surface area contributed by atoms with Crippen LogP contribution in [0, 0.1) is 0 Å². The highest BCUT2D eigenvalue weighted by atomic mass is 79.9. The second kappa shape index (κ2) is 7.00. The predicted octanol–water partition coefficient (Wildman–Crippen LogP) is 2.29. The fourth-order valence-electron chi connectivity index (χ4n) is 0.888. The number of rotatable bonds is 4. The minimum atomic E-state index is -0.559. The number of ether oxygens (including phenoxy) is 1. The molecule has 0 heterocycles. The summed E-state index contributed by atoms with van der Waals surface area (Å²) in [6, 6.07) is 9.45. The zero-order valence-corrected chi connectivity index (χ0v) is 9.61. The molecule has 0 aliphatic heterocycles. The Balaban J connectivity index is 2.26. The number of carbonyl (C=O) groups is 1. The molecule has 5 heteroatoms. The van der Waals surface area contributed by atoms with E-state index in [1.807, 2.05) is 30.3 Å². The van der Waals surface area contributed by atoms with Crippen LogP contribution in [0.3, 0.4) is 0 Å². The molecule has 4 nitrogen and oxygen atoms in total. The number of hydrogen-bond acceptors (Lipinski definition) is 3. The standard InChI is InChI=1S/C10H11BrN2O2/c11-6-7-12-13-10(14)15-8-9-4-2-1-3-5-9/h1-5,7H,6,8H2,(H,13,14)/b12-7+. The topological polar surface area (TPSA) is 50.7 Å². The number of alkyl halides is 1. The maximum absolute atomic E-state index is 11.0. The van der Waals surface area contributed by atoms with Gasteiger partial charge >= 0.3 is 6.09 Å². The third-order valence-corrected chi connectivity index (χ3v) is 1.82. The van der Waals surface area contributed by atoms with E-state index in [2.05, 4.69) is 26.5 Å². The van der Waals surface area contributed by atoms with Crippen LogP contribution in [0.2, 0.25) is 0 Å². The van der Waals surface area contributed by atoms with E-state index in [9.17, 15) is 4.79 Å². The minimum Gasteiger partial charge on any atom is -0.443 e. The summed E-state index contributed by atoms with van der Waals surface area (Å²) >= 11 is 3.13. The van der Waals surface area contributed by atoms with Gasteiger partial charge in [0.15, 0.2) is 0 Å². The number of nitrogens with one attached hydrogen (secondary N) is 1. The molecular weight excluding hydrogens is 260 g/mol. The van der Waals surface area contributed by atoms with Crippen molar-refractivity contribution in [3.05, 3.63) is 35.9 Å². The fourth-order valence-corrected chi connectivity index (χ4v) is 1.03. The molecule has 0 fully saturated rings. The van der Waals surface area contributed by atoms with E-state index >= 15 is 0 Å². The van der Waals surface area contributed by atoms with E-state index < -0.39 is 6.09 Å². The Morgan fingerprint density at radius 3 is 2.87 bits per heavy atom. The molecule has 0 saturated heterocycles. The number of benzene rings is 1. The second-order valence-electron chi connectivity index (χ2n) is 2.64. The lowest BCUT2D eigenvalue weighted by Crippen LogP contribution is -2.18. The number of hydrogen-bond donors (Lipinski definition) is 1. The fraction of sp³-hybridized carbons (Fsp3) is 0.200. The smallest absolute Gasteiger partial charge is 0.428 e. The molecule has 1 aromatic carbocycles. The van der Waals surface area contributed by atoms with Gasteiger partial charge in [-0.05, 0) is 5.56 Å². The minimum absolute atomic E-state index is 0.247. The highest BCUT2D eigenvalue weighted by Crippen LogP contribution is 2.00. The molecule has 0 saturated carbocycles. The number of nitrogens with zero attached hydrogens (tertiary/aromatic N) is 1. The Hall–Kier alpha value is -1.36. The van der Waals surface area contributed by atoms with Crippen molar-refractivity contribution in [2.45, 2.75) is 6.61 Å². The normalized spacial score (nSPS) is 10.2. The van der Waals surface area contributed by atoms with Gasteiger partial charge in [0.2, 0.25) is 0 Å². The molecular formula is C10H11BrN2O2. The average molecular weight is 271 g/mol. The molecule has 1 N–H and O–H groups in total. The van der Waals surface area contributed by atoms with E-state index in [0.29, 0.717) is 5.33 Å². The van der Waals surface area contributed by atoms with Gasteiger partial charge in [0, 0.05) is 11.5 Å². The van der Waals surface area contributed by atoms with Crippen LogP contribution < -0.4 is 5.43 Å². The van der Waals surface area contributed by atoms with Crippen molar-refractivity contribution >= 4 is 28.2 Å². The molecule has 80 valence electrons. The highest BCUT2D eigenvalue weighted by Gasteiger charge is 1.99. The third kappa shape index (κ3) is 5.17. The van der Waals surface area contributed by atoms with E-state index in [-0.39, 0.29) is 6.61 Å². The summed E-state index contributed by atoms with van der Waals surface area (Å²) in [6.45, 7) is 0.247. The van der Waals surface area contributed by atoms with Crippen LogP contribution >= 0.6 is 15.9 Å². The van der Waals surface area contributed by atoms with Gasteiger partial charge in [0.1, 0.15) is 6.61 Å². The lowest BCUT2D eigenvalue weighted by molar-refractivity contribution is 0.140. The summed E-state index contributed by atoms with van der Waals surface area (Å²) in [6.07, 6.45) is 0.958. The zero-order valence-electron chi connectivity index (χ0n) is 8.02. The summed E-state index contributed by atoms with van der Waals surface area (Å²) in [5.74, 6) is 0. The van der Waals surface area contributed by atoms with Gasteiger partial charge in [-0.25, -0.2) is 10.2 Å². The molecule has 0 aliphatic carbocycles. The van der Waals surface area contributed by atoms with Gasteiger partial charge in [-0.3, -0.25) is 0 Å². The number of carbonyl (C=O) groups excluding carboxylic acids is 1. The van der Waals surface area contributed by atoms with Crippen molar-refractivity contribution in [1.29, 1.82) is 0 Å². The lowest BCUT2D eigenvalue weighted by atomic mass is 10.2. The van der Waals surface area contributed by atoms with Gasteiger partial charge in [-0.1, -0.05) is 46.3 Å². The number of halogens is 1. The maximum atomic E-state index is 11.0. The van der Waals surface area contributed by atoms with Crippen LogP contribution in [0.1, 0.15) is 5.56 Å². The molecule has 1 amide bonds. The van der Waals surface area contributed by atoms with Gasteiger partial charge < -0.3 is 4.74 Å². The van der Waals surface area contributed by atoms with Gasteiger partial charge in [-0.15, -0.1) is 0 Å². The van der Waals surface area contributed by atoms with Gasteiger partial charge in [0.05, 0.1) is 0 Å². The van der Waals surface area contributed by atoms with Gasteiger partial charge in [0.25, 0.3) is 0 Å². The van der Waals surface area contributed by atoms with E-state index in [4.69, 9.17) is 4.74 Å². The zero-order chi connectivity index (χ0) is 10.9. The summed E-state index contributed by atoms with van der Waals surface area (Å²) in [7, 11) is 0. The van der Waals surface area contributed by atoms with Crippen molar-refractivity contribution in [2.75, 3.05) is 5.33 Å². The molecule has 1 rings (SSSR count). The lowest BCUT2D eigenvalue weighted by Gasteiger charge is -2.02. The molecule has 0 spiro atoms. The molecule has 0 radical (unpaired) electrons. The Morgan fingerprint density at radius 2 is 2.20 bits per heavy atom.